The fourth-order valence-corrected chi connectivity index (χ4v) is 4.04. The summed E-state index contributed by atoms with van der Waals surface area (Å²) < 4.78 is 7.46. The third-order valence-corrected chi connectivity index (χ3v) is 5.65. The Labute approximate surface area is 179 Å². The van der Waals surface area contributed by atoms with Crippen LogP contribution in [0.3, 0.4) is 0 Å². The molecular formula is C25H20N4O2. The number of rotatable bonds is 4. The number of hydrogen-bond donors (Lipinski definition) is 1. The van der Waals surface area contributed by atoms with E-state index < -0.39 is 0 Å². The van der Waals surface area contributed by atoms with E-state index in [1.165, 1.54) is 11.8 Å². The minimum Gasteiger partial charge on any atom is -0.381 e. The van der Waals surface area contributed by atoms with E-state index in [9.17, 15) is 10.1 Å². The standard InChI is InChI=1S/C25H20N4O2/c26-14-23-13-20-12-17(19-9-11-31-16-19)3-8-24(20)29(23)22-6-4-21(5-7-22)28-25(30)18-2-1-10-27-15-18/h1-8,10,12-13,15,19H,9,11,16H2,(H,28,30). The molecule has 1 unspecified atom stereocenters. The summed E-state index contributed by atoms with van der Waals surface area (Å²) in [5.74, 6) is 0.203. The normalized spacial score (nSPS) is 15.6. The Kier molecular flexibility index (Phi) is 4.95. The quantitative estimate of drug-likeness (QED) is 0.533. The molecule has 6 heteroatoms. The summed E-state index contributed by atoms with van der Waals surface area (Å²) in [6.07, 6.45) is 4.19. The highest BCUT2D eigenvalue weighted by molar-refractivity contribution is 6.04. The number of amides is 1. The van der Waals surface area contributed by atoms with E-state index >= 15 is 0 Å². The molecule has 1 amide bonds. The lowest BCUT2D eigenvalue weighted by Gasteiger charge is -2.11. The van der Waals surface area contributed by atoms with E-state index in [1.807, 2.05) is 34.9 Å². The zero-order valence-electron chi connectivity index (χ0n) is 16.8. The Balaban J connectivity index is 1.44. The minimum atomic E-state index is -0.214. The summed E-state index contributed by atoms with van der Waals surface area (Å²) in [4.78, 5) is 16.3. The Morgan fingerprint density at radius 3 is 2.74 bits per heavy atom. The summed E-state index contributed by atoms with van der Waals surface area (Å²) in [7, 11) is 0. The highest BCUT2D eigenvalue weighted by Crippen LogP contribution is 2.31. The number of carbonyl (C=O) groups is 1. The number of nitrogens with one attached hydrogen (secondary N) is 1. The number of fused-ring (bicyclic) bond motifs is 1. The Bertz CT molecular complexity index is 1280. The summed E-state index contributed by atoms with van der Waals surface area (Å²) in [6, 6.07) is 21.5. The molecule has 3 heterocycles. The minimum absolute atomic E-state index is 0.214. The van der Waals surface area contributed by atoms with Crippen LogP contribution in [-0.4, -0.2) is 28.7 Å². The first-order valence-electron chi connectivity index (χ1n) is 10.2. The molecule has 1 N–H and O–H groups in total. The van der Waals surface area contributed by atoms with Crippen molar-refractivity contribution < 1.29 is 9.53 Å². The molecule has 2 aromatic heterocycles. The fourth-order valence-electron chi connectivity index (χ4n) is 4.04. The molecule has 1 atom stereocenters. The first-order valence-corrected chi connectivity index (χ1v) is 10.2. The van der Waals surface area contributed by atoms with Crippen LogP contribution in [0.5, 0.6) is 0 Å². The first-order chi connectivity index (χ1) is 15.2. The fraction of sp³-hybridized carbons (Fsp3) is 0.160. The Hall–Kier alpha value is -3.95. The highest BCUT2D eigenvalue weighted by Gasteiger charge is 2.19. The Morgan fingerprint density at radius 2 is 2.03 bits per heavy atom. The third-order valence-electron chi connectivity index (χ3n) is 5.65. The number of ether oxygens (including phenoxy) is 1. The number of hydrogen-bond acceptors (Lipinski definition) is 4. The maximum absolute atomic E-state index is 12.3. The second-order valence-electron chi connectivity index (χ2n) is 7.60. The van der Waals surface area contributed by atoms with E-state index in [0.717, 1.165) is 36.2 Å². The first kappa shape index (κ1) is 19.0. The summed E-state index contributed by atoms with van der Waals surface area (Å²) in [6.45, 7) is 1.56. The smallest absolute Gasteiger partial charge is 0.257 e. The molecular weight excluding hydrogens is 388 g/mol. The van der Waals surface area contributed by atoms with Crippen molar-refractivity contribution in [3.63, 3.8) is 0 Å². The third kappa shape index (κ3) is 3.67. The van der Waals surface area contributed by atoms with Crippen molar-refractivity contribution in [2.24, 2.45) is 0 Å². The number of aromatic nitrogens is 2. The van der Waals surface area contributed by atoms with Crippen LogP contribution in [0.25, 0.3) is 16.6 Å². The number of carbonyl (C=O) groups excluding carboxylic acids is 1. The van der Waals surface area contributed by atoms with Gasteiger partial charge in [-0.05, 0) is 66.6 Å². The lowest BCUT2D eigenvalue weighted by Crippen LogP contribution is -2.12. The van der Waals surface area contributed by atoms with Gasteiger partial charge < -0.3 is 14.6 Å². The maximum atomic E-state index is 12.3. The number of benzene rings is 2. The summed E-state index contributed by atoms with van der Waals surface area (Å²) in [5, 5.41) is 13.6. The van der Waals surface area contributed by atoms with Gasteiger partial charge in [-0.2, -0.15) is 5.26 Å². The molecule has 152 valence electrons. The van der Waals surface area contributed by atoms with Crippen LogP contribution in [-0.2, 0) is 4.74 Å². The predicted molar refractivity (Wildman–Crippen MR) is 118 cm³/mol. The molecule has 0 spiro atoms. The van der Waals surface area contributed by atoms with Crippen LogP contribution in [0.2, 0.25) is 0 Å². The van der Waals surface area contributed by atoms with Gasteiger partial charge in [-0.15, -0.1) is 0 Å². The van der Waals surface area contributed by atoms with Crippen LogP contribution >= 0.6 is 0 Å². The average Bonchev–Trinajstić information content (AvgIpc) is 3.48. The second kappa shape index (κ2) is 8.05. The van der Waals surface area contributed by atoms with Gasteiger partial charge in [0, 0.05) is 41.7 Å². The summed E-state index contributed by atoms with van der Waals surface area (Å²) in [5.41, 5.74) is 4.84. The molecule has 0 saturated carbocycles. The number of anilines is 1. The van der Waals surface area contributed by atoms with E-state index in [-0.39, 0.29) is 5.91 Å². The molecule has 1 aliphatic rings. The van der Waals surface area contributed by atoms with Crippen molar-refractivity contribution in [2.75, 3.05) is 18.5 Å². The van der Waals surface area contributed by atoms with Crippen LogP contribution in [0.4, 0.5) is 5.69 Å². The van der Waals surface area contributed by atoms with Gasteiger partial charge in [0.2, 0.25) is 0 Å². The summed E-state index contributed by atoms with van der Waals surface area (Å²) >= 11 is 0. The monoisotopic (exact) mass is 408 g/mol. The van der Waals surface area contributed by atoms with Gasteiger partial charge in [-0.25, -0.2) is 0 Å². The van der Waals surface area contributed by atoms with Crippen LogP contribution in [0.15, 0.2) is 73.1 Å². The average molecular weight is 408 g/mol. The van der Waals surface area contributed by atoms with Crippen molar-refractivity contribution in [3.8, 4) is 11.8 Å². The lowest BCUT2D eigenvalue weighted by atomic mass is 9.97. The molecule has 0 aliphatic carbocycles. The molecule has 5 rings (SSSR count). The van der Waals surface area contributed by atoms with Gasteiger partial charge >= 0.3 is 0 Å². The van der Waals surface area contributed by atoms with Gasteiger partial charge in [-0.3, -0.25) is 9.78 Å². The van der Waals surface area contributed by atoms with Gasteiger partial charge in [0.25, 0.3) is 5.91 Å². The zero-order chi connectivity index (χ0) is 21.2. The molecule has 6 nitrogen and oxygen atoms in total. The van der Waals surface area contributed by atoms with Crippen molar-refractivity contribution in [1.82, 2.24) is 9.55 Å². The maximum Gasteiger partial charge on any atom is 0.257 e. The topological polar surface area (TPSA) is 79.9 Å². The van der Waals surface area contributed by atoms with Gasteiger partial charge in [0.1, 0.15) is 11.8 Å². The van der Waals surface area contributed by atoms with Gasteiger partial charge in [-0.1, -0.05) is 6.07 Å². The van der Waals surface area contributed by atoms with Gasteiger partial charge in [0.15, 0.2) is 0 Å². The molecule has 4 aromatic rings. The van der Waals surface area contributed by atoms with Crippen LogP contribution < -0.4 is 5.32 Å². The predicted octanol–water partition coefficient (Wildman–Crippen LogP) is 4.65. The molecule has 1 aliphatic heterocycles. The van der Waals surface area contributed by atoms with Crippen molar-refractivity contribution in [1.29, 1.82) is 5.26 Å². The largest absolute Gasteiger partial charge is 0.381 e. The Morgan fingerprint density at radius 1 is 1.16 bits per heavy atom. The second-order valence-corrected chi connectivity index (χ2v) is 7.60. The van der Waals surface area contributed by atoms with Crippen LogP contribution in [0.1, 0.15) is 34.0 Å². The SMILES string of the molecule is N#Cc1cc2cc(C3CCOC3)ccc2n1-c1ccc(NC(=O)c2cccnc2)cc1. The van der Waals surface area contributed by atoms with Crippen LogP contribution in [0, 0.1) is 11.3 Å². The molecule has 2 aromatic carbocycles. The molecule has 31 heavy (non-hydrogen) atoms. The lowest BCUT2D eigenvalue weighted by molar-refractivity contribution is 0.102. The molecule has 0 bridgehead atoms. The zero-order valence-corrected chi connectivity index (χ0v) is 16.8. The van der Waals surface area contributed by atoms with E-state index in [2.05, 4.69) is 34.6 Å². The van der Waals surface area contributed by atoms with Crippen molar-refractivity contribution >= 4 is 22.5 Å². The van der Waals surface area contributed by atoms with Crippen molar-refractivity contribution in [3.05, 3.63) is 89.9 Å². The highest BCUT2D eigenvalue weighted by atomic mass is 16.5. The number of pyridine rings is 1. The number of nitriles is 1. The van der Waals surface area contributed by atoms with E-state index in [0.29, 0.717) is 22.9 Å². The van der Waals surface area contributed by atoms with E-state index in [1.54, 1.807) is 18.3 Å². The van der Waals surface area contributed by atoms with Crippen molar-refractivity contribution in [2.45, 2.75) is 12.3 Å². The number of nitrogens with zero attached hydrogens (tertiary/aromatic N) is 3. The molecule has 1 saturated heterocycles. The molecule has 0 radical (unpaired) electrons. The molecule has 1 fully saturated rings. The van der Waals surface area contributed by atoms with Gasteiger partial charge in [0.05, 0.1) is 17.7 Å². The van der Waals surface area contributed by atoms with E-state index in [4.69, 9.17) is 4.74 Å².